The maximum Gasteiger partial charge on any atom is 0.128 e. The Morgan fingerprint density at radius 1 is 1.46 bits per heavy atom. The summed E-state index contributed by atoms with van der Waals surface area (Å²) in [6.45, 7) is 0.876. The van der Waals surface area contributed by atoms with Crippen molar-refractivity contribution in [3.05, 3.63) is 34.6 Å². The van der Waals surface area contributed by atoms with E-state index in [1.54, 1.807) is 6.07 Å². The molecule has 0 unspecified atom stereocenters. The van der Waals surface area contributed by atoms with Crippen LogP contribution in [0.1, 0.15) is 5.56 Å². The Kier molecular flexibility index (Phi) is 2.26. The van der Waals surface area contributed by atoms with Crippen LogP contribution in [0.2, 0.25) is 5.02 Å². The molecular formula is C9H8ClFOS. The molecule has 1 aliphatic rings. The molecule has 1 aliphatic heterocycles. The van der Waals surface area contributed by atoms with E-state index in [0.717, 1.165) is 0 Å². The van der Waals surface area contributed by atoms with Gasteiger partial charge in [0.15, 0.2) is 0 Å². The van der Waals surface area contributed by atoms with Gasteiger partial charge in [-0.25, -0.2) is 4.39 Å². The van der Waals surface area contributed by atoms with Gasteiger partial charge in [-0.3, -0.25) is 0 Å². The molecule has 0 aromatic heterocycles. The van der Waals surface area contributed by atoms with Crippen LogP contribution in [0.4, 0.5) is 4.39 Å². The topological polar surface area (TPSA) is 9.23 Å². The van der Waals surface area contributed by atoms with E-state index in [1.807, 2.05) is 0 Å². The van der Waals surface area contributed by atoms with Crippen LogP contribution in [-0.4, -0.2) is 13.2 Å². The first-order valence-electron chi connectivity index (χ1n) is 3.87. The van der Waals surface area contributed by atoms with E-state index in [1.165, 1.54) is 12.1 Å². The Bertz CT molecular complexity index is 338. The lowest BCUT2D eigenvalue weighted by Gasteiger charge is -2.37. The molecule has 0 spiro atoms. The SMILES string of the molecule is Fc1ccc(Cl)cc1C1(S)COC1. The van der Waals surface area contributed by atoms with Gasteiger partial charge < -0.3 is 4.74 Å². The molecule has 1 aromatic carbocycles. The number of hydrogen-bond donors (Lipinski definition) is 1. The first-order valence-corrected chi connectivity index (χ1v) is 4.70. The van der Waals surface area contributed by atoms with Crippen LogP contribution in [0.25, 0.3) is 0 Å². The number of hydrogen-bond acceptors (Lipinski definition) is 2. The van der Waals surface area contributed by atoms with Crippen molar-refractivity contribution in [3.63, 3.8) is 0 Å². The lowest BCUT2D eigenvalue weighted by Crippen LogP contribution is -2.42. The summed E-state index contributed by atoms with van der Waals surface area (Å²) in [6.07, 6.45) is 0. The predicted molar refractivity (Wildman–Crippen MR) is 52.9 cm³/mol. The number of rotatable bonds is 1. The van der Waals surface area contributed by atoms with E-state index in [4.69, 9.17) is 16.3 Å². The van der Waals surface area contributed by atoms with Gasteiger partial charge in [0.25, 0.3) is 0 Å². The minimum Gasteiger partial charge on any atom is -0.378 e. The second-order valence-electron chi connectivity index (χ2n) is 3.15. The average molecular weight is 219 g/mol. The van der Waals surface area contributed by atoms with Crippen molar-refractivity contribution in [3.8, 4) is 0 Å². The molecule has 70 valence electrons. The van der Waals surface area contributed by atoms with E-state index < -0.39 is 4.75 Å². The van der Waals surface area contributed by atoms with Crippen molar-refractivity contribution in [2.45, 2.75) is 4.75 Å². The van der Waals surface area contributed by atoms with Gasteiger partial charge in [0.1, 0.15) is 5.82 Å². The molecule has 0 aliphatic carbocycles. The van der Waals surface area contributed by atoms with Crippen LogP contribution in [0, 0.1) is 5.82 Å². The van der Waals surface area contributed by atoms with Crippen molar-refractivity contribution in [2.24, 2.45) is 0 Å². The zero-order valence-corrected chi connectivity index (χ0v) is 8.41. The Hall–Kier alpha value is -0.250. The first kappa shape index (κ1) is 9.31. The molecule has 2 rings (SSSR count). The normalized spacial score (nSPS) is 19.6. The van der Waals surface area contributed by atoms with Gasteiger partial charge in [-0.05, 0) is 18.2 Å². The number of ether oxygens (including phenoxy) is 1. The van der Waals surface area contributed by atoms with Crippen LogP contribution in [0.5, 0.6) is 0 Å². The standard InChI is InChI=1S/C9H8ClFOS/c10-6-1-2-8(11)7(3-6)9(13)4-12-5-9/h1-3,13H,4-5H2. The van der Waals surface area contributed by atoms with Gasteiger partial charge in [0.2, 0.25) is 0 Å². The molecule has 1 fully saturated rings. The third-order valence-electron chi connectivity index (χ3n) is 2.11. The fraction of sp³-hybridized carbons (Fsp3) is 0.333. The molecule has 4 heteroatoms. The second-order valence-corrected chi connectivity index (χ2v) is 4.44. The van der Waals surface area contributed by atoms with E-state index in [2.05, 4.69) is 12.6 Å². The van der Waals surface area contributed by atoms with Crippen molar-refractivity contribution in [1.29, 1.82) is 0 Å². The highest BCUT2D eigenvalue weighted by molar-refractivity contribution is 7.81. The molecule has 1 heterocycles. The number of benzene rings is 1. The van der Waals surface area contributed by atoms with Crippen molar-refractivity contribution < 1.29 is 9.13 Å². The zero-order chi connectivity index (χ0) is 9.47. The maximum atomic E-state index is 13.3. The summed E-state index contributed by atoms with van der Waals surface area (Å²) in [5.74, 6) is -0.275. The van der Waals surface area contributed by atoms with Crippen molar-refractivity contribution >= 4 is 24.2 Å². The van der Waals surface area contributed by atoms with E-state index in [-0.39, 0.29) is 5.82 Å². The molecule has 1 nitrogen and oxygen atoms in total. The van der Waals surface area contributed by atoms with Gasteiger partial charge >= 0.3 is 0 Å². The zero-order valence-electron chi connectivity index (χ0n) is 6.76. The highest BCUT2D eigenvalue weighted by Gasteiger charge is 2.38. The molecule has 0 N–H and O–H groups in total. The Morgan fingerprint density at radius 2 is 2.15 bits per heavy atom. The van der Waals surface area contributed by atoms with Gasteiger partial charge in [-0.1, -0.05) is 11.6 Å². The molecule has 13 heavy (non-hydrogen) atoms. The first-order chi connectivity index (χ1) is 6.12. The van der Waals surface area contributed by atoms with E-state index in [9.17, 15) is 4.39 Å². The minimum atomic E-state index is -0.491. The lowest BCUT2D eigenvalue weighted by atomic mass is 9.96. The smallest absolute Gasteiger partial charge is 0.128 e. The van der Waals surface area contributed by atoms with E-state index >= 15 is 0 Å². The fourth-order valence-electron chi connectivity index (χ4n) is 1.31. The van der Waals surface area contributed by atoms with Crippen LogP contribution in [0.3, 0.4) is 0 Å². The molecule has 0 amide bonds. The summed E-state index contributed by atoms with van der Waals surface area (Å²) >= 11 is 10.1. The van der Waals surface area contributed by atoms with Crippen LogP contribution in [0.15, 0.2) is 18.2 Å². The third-order valence-corrected chi connectivity index (χ3v) is 2.85. The molecule has 1 saturated heterocycles. The van der Waals surface area contributed by atoms with Crippen LogP contribution in [-0.2, 0) is 9.48 Å². The largest absolute Gasteiger partial charge is 0.378 e. The van der Waals surface area contributed by atoms with Gasteiger partial charge in [-0.2, -0.15) is 12.6 Å². The quantitative estimate of drug-likeness (QED) is 0.713. The highest BCUT2D eigenvalue weighted by Crippen LogP contribution is 2.38. The third kappa shape index (κ3) is 1.56. The predicted octanol–water partition coefficient (Wildman–Crippen LogP) is 2.63. The Balaban J connectivity index is 2.43. The molecular weight excluding hydrogens is 211 g/mol. The van der Waals surface area contributed by atoms with Gasteiger partial charge in [-0.15, -0.1) is 0 Å². The molecule has 0 bridgehead atoms. The Labute approximate surface area is 86.3 Å². The monoisotopic (exact) mass is 218 g/mol. The summed E-state index contributed by atoms with van der Waals surface area (Å²) in [7, 11) is 0. The second kappa shape index (κ2) is 3.15. The molecule has 0 saturated carbocycles. The number of halogens is 2. The summed E-state index contributed by atoms with van der Waals surface area (Å²) in [5, 5.41) is 0.525. The maximum absolute atomic E-state index is 13.3. The minimum absolute atomic E-state index is 0.275. The summed E-state index contributed by atoms with van der Waals surface area (Å²) in [5.41, 5.74) is 0.523. The van der Waals surface area contributed by atoms with Crippen molar-refractivity contribution in [1.82, 2.24) is 0 Å². The lowest BCUT2D eigenvalue weighted by molar-refractivity contribution is -0.0111. The molecule has 0 radical (unpaired) electrons. The highest BCUT2D eigenvalue weighted by atomic mass is 35.5. The van der Waals surface area contributed by atoms with Crippen molar-refractivity contribution in [2.75, 3.05) is 13.2 Å². The summed E-state index contributed by atoms with van der Waals surface area (Å²) in [6, 6.07) is 4.48. The van der Waals surface area contributed by atoms with Crippen LogP contribution >= 0.6 is 24.2 Å². The fourth-order valence-corrected chi connectivity index (χ4v) is 1.83. The molecule has 0 atom stereocenters. The summed E-state index contributed by atoms with van der Waals surface area (Å²) < 4.78 is 17.8. The van der Waals surface area contributed by atoms with Crippen LogP contribution < -0.4 is 0 Å². The average Bonchev–Trinajstić information content (AvgIpc) is 2.05. The summed E-state index contributed by atoms with van der Waals surface area (Å²) in [4.78, 5) is 0. The van der Waals surface area contributed by atoms with E-state index in [0.29, 0.717) is 23.8 Å². The van der Waals surface area contributed by atoms with Gasteiger partial charge in [0.05, 0.1) is 18.0 Å². The molecule has 1 aromatic rings. The number of thiol groups is 1. The van der Waals surface area contributed by atoms with Gasteiger partial charge in [0, 0.05) is 10.6 Å². The Morgan fingerprint density at radius 3 is 2.69 bits per heavy atom.